The largest absolute Gasteiger partial charge is 0.406 e. The Bertz CT molecular complexity index is 240. The summed E-state index contributed by atoms with van der Waals surface area (Å²) < 4.78 is 37.5. The van der Waals surface area contributed by atoms with E-state index in [1.165, 1.54) is 0 Å². The maximum Gasteiger partial charge on any atom is 0.406 e. The predicted octanol–water partition coefficient (Wildman–Crippen LogP) is 0.394. The monoisotopic (exact) mass is 224 g/mol. The molecule has 0 bridgehead atoms. The zero-order chi connectivity index (χ0) is 11.1. The fourth-order valence-corrected chi connectivity index (χ4v) is 1.96. The first-order chi connectivity index (χ1) is 6.93. The van der Waals surface area contributed by atoms with Crippen LogP contribution in [0, 0.1) is 0 Å². The van der Waals surface area contributed by atoms with Crippen LogP contribution < -0.4 is 10.6 Å². The Labute approximate surface area is 86.0 Å². The third-order valence-corrected chi connectivity index (χ3v) is 3.18. The number of aliphatic hydroxyl groups is 1. The molecule has 1 heterocycles. The van der Waals surface area contributed by atoms with E-state index in [1.807, 2.05) is 0 Å². The molecule has 3 nitrogen and oxygen atoms in total. The van der Waals surface area contributed by atoms with Crippen LogP contribution in [0.1, 0.15) is 19.3 Å². The fraction of sp³-hybridized carbons (Fsp3) is 1.00. The molecule has 0 aromatic rings. The van der Waals surface area contributed by atoms with Crippen LogP contribution in [-0.4, -0.2) is 42.1 Å². The summed E-state index contributed by atoms with van der Waals surface area (Å²) in [6, 6.07) is -0.0418. The van der Waals surface area contributed by atoms with Gasteiger partial charge in [0.1, 0.15) is 5.54 Å². The molecule has 1 aliphatic heterocycles. The molecule has 0 aromatic carbocycles. The summed E-state index contributed by atoms with van der Waals surface area (Å²) >= 11 is 0. The molecule has 2 rings (SSSR count). The number of β-amino-alcohol motifs (C(OH)–C–C–N with tert-alkyl or cyclic N) is 1. The molecule has 1 saturated carbocycles. The summed E-state index contributed by atoms with van der Waals surface area (Å²) in [5, 5.41) is 14.7. The van der Waals surface area contributed by atoms with E-state index in [2.05, 4.69) is 10.6 Å². The van der Waals surface area contributed by atoms with Crippen LogP contribution in [0.4, 0.5) is 13.2 Å². The van der Waals surface area contributed by atoms with Crippen molar-refractivity contribution < 1.29 is 18.3 Å². The lowest BCUT2D eigenvalue weighted by atomic mass is 10.2. The molecule has 0 spiro atoms. The minimum absolute atomic E-state index is 0.0418. The van der Waals surface area contributed by atoms with Gasteiger partial charge in [0.15, 0.2) is 0 Å². The van der Waals surface area contributed by atoms with Gasteiger partial charge in [0.2, 0.25) is 0 Å². The topological polar surface area (TPSA) is 44.3 Å². The molecule has 1 saturated heterocycles. The SMILES string of the molecule is OC1CNC(CNC2(C(F)(F)F)CC2)C1. The first kappa shape index (κ1) is 11.2. The van der Waals surface area contributed by atoms with Crippen molar-refractivity contribution in [1.82, 2.24) is 10.6 Å². The van der Waals surface area contributed by atoms with E-state index < -0.39 is 17.8 Å². The van der Waals surface area contributed by atoms with Crippen molar-refractivity contribution >= 4 is 0 Å². The first-order valence-corrected chi connectivity index (χ1v) is 5.16. The highest BCUT2D eigenvalue weighted by Gasteiger charge is 2.63. The summed E-state index contributed by atoms with van der Waals surface area (Å²) in [4.78, 5) is 0. The second-order valence-corrected chi connectivity index (χ2v) is 4.46. The highest BCUT2D eigenvalue weighted by molar-refractivity contribution is 5.08. The Morgan fingerprint density at radius 2 is 2.07 bits per heavy atom. The zero-order valence-corrected chi connectivity index (χ0v) is 8.27. The number of hydrogen-bond donors (Lipinski definition) is 3. The Morgan fingerprint density at radius 1 is 1.40 bits per heavy atom. The third kappa shape index (κ3) is 2.26. The molecule has 0 radical (unpaired) electrons. The van der Waals surface area contributed by atoms with Gasteiger partial charge in [-0.05, 0) is 19.3 Å². The van der Waals surface area contributed by atoms with Gasteiger partial charge in [0, 0.05) is 19.1 Å². The summed E-state index contributed by atoms with van der Waals surface area (Å²) in [5.41, 5.74) is -1.64. The van der Waals surface area contributed by atoms with E-state index in [1.54, 1.807) is 0 Å². The van der Waals surface area contributed by atoms with Crippen molar-refractivity contribution in [3.8, 4) is 0 Å². The minimum Gasteiger partial charge on any atom is -0.392 e. The molecule has 1 aliphatic carbocycles. The van der Waals surface area contributed by atoms with Gasteiger partial charge >= 0.3 is 6.18 Å². The Hall–Kier alpha value is -0.330. The molecule has 0 amide bonds. The Balaban J connectivity index is 1.79. The van der Waals surface area contributed by atoms with Gasteiger partial charge < -0.3 is 15.7 Å². The number of alkyl halides is 3. The van der Waals surface area contributed by atoms with Crippen LogP contribution in [0.2, 0.25) is 0 Å². The Morgan fingerprint density at radius 3 is 2.47 bits per heavy atom. The quantitative estimate of drug-likeness (QED) is 0.650. The molecular formula is C9H15F3N2O. The van der Waals surface area contributed by atoms with Gasteiger partial charge in [-0.15, -0.1) is 0 Å². The fourth-order valence-electron chi connectivity index (χ4n) is 1.96. The van der Waals surface area contributed by atoms with Crippen LogP contribution in [0.15, 0.2) is 0 Å². The van der Waals surface area contributed by atoms with E-state index in [0.29, 0.717) is 13.0 Å². The molecular weight excluding hydrogens is 209 g/mol. The highest BCUT2D eigenvalue weighted by Crippen LogP contribution is 2.48. The molecule has 88 valence electrons. The number of aliphatic hydroxyl groups excluding tert-OH is 1. The summed E-state index contributed by atoms with van der Waals surface area (Å²) in [6.07, 6.45) is -3.69. The van der Waals surface area contributed by atoms with Crippen LogP contribution in [0.3, 0.4) is 0 Å². The lowest BCUT2D eigenvalue weighted by molar-refractivity contribution is -0.165. The summed E-state index contributed by atoms with van der Waals surface area (Å²) in [5.74, 6) is 0. The second-order valence-electron chi connectivity index (χ2n) is 4.46. The molecule has 6 heteroatoms. The van der Waals surface area contributed by atoms with Gasteiger partial charge in [-0.2, -0.15) is 13.2 Å². The van der Waals surface area contributed by atoms with Crippen LogP contribution in [-0.2, 0) is 0 Å². The maximum absolute atomic E-state index is 12.5. The number of nitrogens with one attached hydrogen (secondary N) is 2. The molecule has 2 fully saturated rings. The average Bonchev–Trinajstić information content (AvgIpc) is 2.82. The second kappa shape index (κ2) is 3.61. The zero-order valence-electron chi connectivity index (χ0n) is 8.27. The predicted molar refractivity (Wildman–Crippen MR) is 48.4 cm³/mol. The average molecular weight is 224 g/mol. The first-order valence-electron chi connectivity index (χ1n) is 5.16. The molecule has 2 unspecified atom stereocenters. The molecule has 2 aliphatic rings. The maximum atomic E-state index is 12.5. The normalized spacial score (nSPS) is 34.4. The summed E-state index contributed by atoms with van der Waals surface area (Å²) in [6.45, 7) is 0.752. The van der Waals surface area contributed by atoms with Gasteiger partial charge in [-0.3, -0.25) is 0 Å². The standard InChI is InChI=1S/C9H15F3N2O/c10-9(11,12)8(1-2-8)14-4-6-3-7(15)5-13-6/h6-7,13-15H,1-5H2. The van der Waals surface area contributed by atoms with Crippen molar-refractivity contribution in [2.75, 3.05) is 13.1 Å². The van der Waals surface area contributed by atoms with Crippen LogP contribution in [0.25, 0.3) is 0 Å². The summed E-state index contributed by atoms with van der Waals surface area (Å²) in [7, 11) is 0. The van der Waals surface area contributed by atoms with Gasteiger partial charge in [-0.25, -0.2) is 0 Å². The van der Waals surface area contributed by atoms with Crippen molar-refractivity contribution in [3.05, 3.63) is 0 Å². The number of hydrogen-bond acceptors (Lipinski definition) is 3. The van der Waals surface area contributed by atoms with Crippen LogP contribution in [0.5, 0.6) is 0 Å². The number of halogens is 3. The molecule has 15 heavy (non-hydrogen) atoms. The van der Waals surface area contributed by atoms with Gasteiger partial charge in [0.25, 0.3) is 0 Å². The lowest BCUT2D eigenvalue weighted by Crippen LogP contribution is -2.49. The molecule has 2 atom stereocenters. The van der Waals surface area contributed by atoms with Crippen molar-refractivity contribution in [2.24, 2.45) is 0 Å². The van der Waals surface area contributed by atoms with Crippen molar-refractivity contribution in [2.45, 2.75) is 43.1 Å². The third-order valence-electron chi connectivity index (χ3n) is 3.18. The highest BCUT2D eigenvalue weighted by atomic mass is 19.4. The lowest BCUT2D eigenvalue weighted by Gasteiger charge is -2.22. The van der Waals surface area contributed by atoms with Crippen molar-refractivity contribution in [1.29, 1.82) is 0 Å². The van der Waals surface area contributed by atoms with Gasteiger partial charge in [0.05, 0.1) is 6.10 Å². The minimum atomic E-state index is -4.15. The Kier molecular flexibility index (Phi) is 2.68. The number of rotatable bonds is 3. The van der Waals surface area contributed by atoms with Gasteiger partial charge in [-0.1, -0.05) is 0 Å². The van der Waals surface area contributed by atoms with E-state index in [9.17, 15) is 18.3 Å². The van der Waals surface area contributed by atoms with Crippen molar-refractivity contribution in [3.63, 3.8) is 0 Å². The van der Waals surface area contributed by atoms with Crippen LogP contribution >= 0.6 is 0 Å². The molecule has 0 aromatic heterocycles. The van der Waals surface area contributed by atoms with E-state index in [0.717, 1.165) is 0 Å². The van der Waals surface area contributed by atoms with E-state index in [4.69, 9.17) is 0 Å². The van der Waals surface area contributed by atoms with E-state index >= 15 is 0 Å². The smallest absolute Gasteiger partial charge is 0.392 e. The van der Waals surface area contributed by atoms with E-state index in [-0.39, 0.29) is 25.4 Å². The molecule has 3 N–H and O–H groups in total.